The van der Waals surface area contributed by atoms with Gasteiger partial charge in [0.25, 0.3) is 11.8 Å². The standard InChI is InChI=1S/C23H23N3O2/c1-3-12-25-14(2)18(17-6-4-5-7-19(17)25)13-24-26-22(27)20-15-8-9-16(11-10-15)21(20)23(26)28/h3-9,13,15-16,20-21H,1,10-12H2,2H3/b24-13-/t15-,16-,20+,21+/m0/s1. The Labute approximate surface area is 164 Å². The second-order valence-corrected chi connectivity index (χ2v) is 7.99. The zero-order valence-electron chi connectivity index (χ0n) is 15.9. The van der Waals surface area contributed by atoms with E-state index in [1.807, 2.05) is 31.2 Å². The molecule has 2 bridgehead atoms. The second-order valence-electron chi connectivity index (χ2n) is 7.99. The van der Waals surface area contributed by atoms with Crippen LogP contribution >= 0.6 is 0 Å². The molecule has 1 aromatic heterocycles. The van der Waals surface area contributed by atoms with Crippen LogP contribution in [0.15, 0.2) is 54.2 Å². The molecule has 2 amide bonds. The average molecular weight is 373 g/mol. The van der Waals surface area contributed by atoms with Gasteiger partial charge in [-0.15, -0.1) is 6.58 Å². The van der Waals surface area contributed by atoms with Gasteiger partial charge in [-0.2, -0.15) is 10.1 Å². The molecule has 0 unspecified atom stereocenters. The van der Waals surface area contributed by atoms with Crippen LogP contribution in [0.1, 0.15) is 24.1 Å². The number of imide groups is 1. The van der Waals surface area contributed by atoms with E-state index in [4.69, 9.17) is 0 Å². The number of hydrogen-bond donors (Lipinski definition) is 0. The summed E-state index contributed by atoms with van der Waals surface area (Å²) < 4.78 is 2.17. The van der Waals surface area contributed by atoms with E-state index in [-0.39, 0.29) is 35.5 Å². The van der Waals surface area contributed by atoms with Crippen LogP contribution in [-0.2, 0) is 16.1 Å². The molecule has 1 aromatic carbocycles. The van der Waals surface area contributed by atoms with Crippen molar-refractivity contribution in [1.82, 2.24) is 9.58 Å². The number of carbonyl (C=O) groups is 2. The van der Waals surface area contributed by atoms with Crippen molar-refractivity contribution in [1.29, 1.82) is 0 Å². The van der Waals surface area contributed by atoms with Crippen LogP contribution in [0.25, 0.3) is 10.9 Å². The molecule has 0 radical (unpaired) electrons. The Balaban J connectivity index is 1.52. The fourth-order valence-corrected chi connectivity index (χ4v) is 5.27. The lowest BCUT2D eigenvalue weighted by Crippen LogP contribution is -2.38. The molecule has 4 aliphatic rings. The minimum absolute atomic E-state index is 0.141. The normalized spacial score (nSPS) is 28.7. The van der Waals surface area contributed by atoms with E-state index in [0.717, 1.165) is 40.0 Å². The Morgan fingerprint density at radius 1 is 1.11 bits per heavy atom. The maximum absolute atomic E-state index is 13.0. The van der Waals surface area contributed by atoms with Crippen LogP contribution in [0.5, 0.6) is 0 Å². The molecule has 142 valence electrons. The summed E-state index contributed by atoms with van der Waals surface area (Å²) in [5.41, 5.74) is 3.08. The van der Waals surface area contributed by atoms with Gasteiger partial charge in [0.1, 0.15) is 0 Å². The molecular weight excluding hydrogens is 350 g/mol. The molecule has 5 heteroatoms. The third-order valence-corrected chi connectivity index (χ3v) is 6.63. The molecule has 4 atom stereocenters. The minimum Gasteiger partial charge on any atom is -0.340 e. The molecule has 1 saturated carbocycles. The number of rotatable bonds is 4. The van der Waals surface area contributed by atoms with Crippen molar-refractivity contribution in [2.45, 2.75) is 26.3 Å². The number of benzene rings is 1. The Morgan fingerprint density at radius 2 is 1.75 bits per heavy atom. The Kier molecular flexibility index (Phi) is 3.86. The molecule has 2 aromatic rings. The molecular formula is C23H23N3O2. The molecule has 0 N–H and O–H groups in total. The van der Waals surface area contributed by atoms with E-state index in [0.29, 0.717) is 6.54 Å². The van der Waals surface area contributed by atoms with E-state index in [2.05, 4.69) is 34.5 Å². The van der Waals surface area contributed by atoms with Crippen LogP contribution in [0.4, 0.5) is 0 Å². The molecule has 1 aliphatic heterocycles. The molecule has 2 heterocycles. The largest absolute Gasteiger partial charge is 0.340 e. The smallest absolute Gasteiger partial charge is 0.254 e. The molecule has 3 aliphatic carbocycles. The summed E-state index contributed by atoms with van der Waals surface area (Å²) >= 11 is 0. The highest BCUT2D eigenvalue weighted by Crippen LogP contribution is 2.49. The fraction of sp³-hybridized carbons (Fsp3) is 0.348. The second kappa shape index (κ2) is 6.30. The lowest BCUT2D eigenvalue weighted by Gasteiger charge is -2.37. The number of hydrazone groups is 1. The first-order valence-corrected chi connectivity index (χ1v) is 9.90. The SMILES string of the molecule is C=CCn1c(C)c(/C=N\N2C(=O)[C@H]3[C@H](C2=O)[C@H]2C=C[C@H]3CC2)c2ccccc21. The predicted molar refractivity (Wildman–Crippen MR) is 109 cm³/mol. The van der Waals surface area contributed by atoms with Crippen LogP contribution in [0.2, 0.25) is 0 Å². The molecule has 1 saturated heterocycles. The predicted octanol–water partition coefficient (Wildman–Crippen LogP) is 3.67. The summed E-state index contributed by atoms with van der Waals surface area (Å²) in [6.45, 7) is 6.57. The molecule has 6 rings (SSSR count). The van der Waals surface area contributed by atoms with Gasteiger partial charge < -0.3 is 4.57 Å². The number of aromatic nitrogens is 1. The van der Waals surface area contributed by atoms with E-state index in [1.165, 1.54) is 0 Å². The van der Waals surface area contributed by atoms with Crippen molar-refractivity contribution in [2.24, 2.45) is 28.8 Å². The van der Waals surface area contributed by atoms with E-state index < -0.39 is 0 Å². The maximum atomic E-state index is 13.0. The molecule has 0 spiro atoms. The zero-order chi connectivity index (χ0) is 19.4. The van der Waals surface area contributed by atoms with Gasteiger partial charge in [-0.3, -0.25) is 9.59 Å². The number of amides is 2. The highest BCUT2D eigenvalue weighted by atomic mass is 16.2. The van der Waals surface area contributed by atoms with Gasteiger partial charge in [0, 0.05) is 28.7 Å². The summed E-state index contributed by atoms with van der Waals surface area (Å²) in [5.74, 6) is -0.366. The van der Waals surface area contributed by atoms with Gasteiger partial charge in [-0.25, -0.2) is 0 Å². The van der Waals surface area contributed by atoms with Crippen LogP contribution in [0, 0.1) is 30.6 Å². The lowest BCUT2D eigenvalue weighted by molar-refractivity contribution is -0.140. The van der Waals surface area contributed by atoms with Crippen molar-refractivity contribution >= 4 is 28.9 Å². The average Bonchev–Trinajstić information content (AvgIpc) is 3.15. The van der Waals surface area contributed by atoms with Crippen LogP contribution in [0.3, 0.4) is 0 Å². The van der Waals surface area contributed by atoms with Gasteiger partial charge in [0.05, 0.1) is 18.1 Å². The van der Waals surface area contributed by atoms with Gasteiger partial charge in [-0.05, 0) is 37.7 Å². The first-order valence-electron chi connectivity index (χ1n) is 9.90. The monoisotopic (exact) mass is 373 g/mol. The highest BCUT2D eigenvalue weighted by Gasteiger charge is 2.56. The summed E-state index contributed by atoms with van der Waals surface area (Å²) in [4.78, 5) is 25.9. The number of para-hydroxylation sites is 1. The van der Waals surface area contributed by atoms with Crippen LogP contribution < -0.4 is 0 Å². The number of carbonyl (C=O) groups excluding carboxylic acids is 2. The van der Waals surface area contributed by atoms with Gasteiger partial charge >= 0.3 is 0 Å². The number of allylic oxidation sites excluding steroid dienone is 3. The van der Waals surface area contributed by atoms with Crippen molar-refractivity contribution in [2.75, 3.05) is 0 Å². The first kappa shape index (κ1) is 17.2. The van der Waals surface area contributed by atoms with Crippen molar-refractivity contribution in [3.05, 3.63) is 60.3 Å². The Bertz CT molecular complexity index is 1030. The van der Waals surface area contributed by atoms with Gasteiger partial charge in [0.2, 0.25) is 0 Å². The number of fused-ring (bicyclic) bond motifs is 2. The quantitative estimate of drug-likeness (QED) is 0.466. The molecule has 28 heavy (non-hydrogen) atoms. The van der Waals surface area contributed by atoms with Gasteiger partial charge in [0.15, 0.2) is 0 Å². The van der Waals surface area contributed by atoms with Gasteiger partial charge in [-0.1, -0.05) is 36.4 Å². The van der Waals surface area contributed by atoms with Crippen molar-refractivity contribution < 1.29 is 9.59 Å². The topological polar surface area (TPSA) is 54.7 Å². The van der Waals surface area contributed by atoms with E-state index in [9.17, 15) is 9.59 Å². The number of nitrogens with zero attached hydrogens (tertiary/aromatic N) is 3. The zero-order valence-corrected chi connectivity index (χ0v) is 15.9. The third-order valence-electron chi connectivity index (χ3n) is 6.63. The highest BCUT2D eigenvalue weighted by molar-refractivity contribution is 6.07. The number of hydrogen-bond acceptors (Lipinski definition) is 3. The fourth-order valence-electron chi connectivity index (χ4n) is 5.27. The van der Waals surface area contributed by atoms with Crippen molar-refractivity contribution in [3.63, 3.8) is 0 Å². The molecule has 2 fully saturated rings. The van der Waals surface area contributed by atoms with E-state index in [1.54, 1.807) is 6.21 Å². The summed E-state index contributed by atoms with van der Waals surface area (Å²) in [7, 11) is 0. The van der Waals surface area contributed by atoms with Crippen molar-refractivity contribution in [3.8, 4) is 0 Å². The molecule has 5 nitrogen and oxygen atoms in total. The summed E-state index contributed by atoms with van der Waals surface area (Å²) in [6.07, 6.45) is 9.78. The maximum Gasteiger partial charge on any atom is 0.254 e. The minimum atomic E-state index is -0.225. The first-order chi connectivity index (χ1) is 13.6. The van der Waals surface area contributed by atoms with E-state index >= 15 is 0 Å². The third kappa shape index (κ3) is 2.28. The Morgan fingerprint density at radius 3 is 2.36 bits per heavy atom. The summed E-state index contributed by atoms with van der Waals surface area (Å²) in [5, 5.41) is 6.59. The Hall–Kier alpha value is -2.95. The summed E-state index contributed by atoms with van der Waals surface area (Å²) in [6, 6.07) is 8.10. The lowest BCUT2D eigenvalue weighted by atomic mass is 9.63. The van der Waals surface area contributed by atoms with Crippen LogP contribution in [-0.4, -0.2) is 27.6 Å².